The number of halogens is 2. The zero-order valence-electron chi connectivity index (χ0n) is 8.49. The Morgan fingerprint density at radius 2 is 1.88 bits per heavy atom. The van der Waals surface area contributed by atoms with Crippen molar-refractivity contribution in [3.8, 4) is 0 Å². The van der Waals surface area contributed by atoms with E-state index < -0.39 is 0 Å². The molecule has 2 aromatic rings. The monoisotopic (exact) mass is 271 g/mol. The van der Waals surface area contributed by atoms with E-state index in [4.69, 9.17) is 28.9 Å². The third-order valence-electron chi connectivity index (χ3n) is 2.46. The van der Waals surface area contributed by atoms with Crippen molar-refractivity contribution in [2.24, 2.45) is 5.73 Å². The normalized spacial score (nSPS) is 12.7. The molecule has 1 nitrogen and oxygen atoms in total. The summed E-state index contributed by atoms with van der Waals surface area (Å²) < 4.78 is 0. The van der Waals surface area contributed by atoms with Crippen LogP contribution in [-0.2, 0) is 6.42 Å². The SMILES string of the molecule is NC(Cc1c(Cl)cccc1Cl)c1ccsc1. The third kappa shape index (κ3) is 2.58. The topological polar surface area (TPSA) is 26.0 Å². The van der Waals surface area contributed by atoms with Crippen LogP contribution in [0.15, 0.2) is 35.0 Å². The number of rotatable bonds is 3. The molecule has 1 heterocycles. The van der Waals surface area contributed by atoms with Crippen LogP contribution in [0.3, 0.4) is 0 Å². The minimum atomic E-state index is -0.0522. The second-order valence-electron chi connectivity index (χ2n) is 3.57. The molecule has 84 valence electrons. The van der Waals surface area contributed by atoms with Crippen molar-refractivity contribution < 1.29 is 0 Å². The van der Waals surface area contributed by atoms with Crippen LogP contribution >= 0.6 is 34.5 Å². The maximum Gasteiger partial charge on any atom is 0.0453 e. The van der Waals surface area contributed by atoms with Gasteiger partial charge in [0.1, 0.15) is 0 Å². The van der Waals surface area contributed by atoms with Gasteiger partial charge in [0.2, 0.25) is 0 Å². The zero-order valence-corrected chi connectivity index (χ0v) is 10.8. The van der Waals surface area contributed by atoms with Crippen LogP contribution in [0, 0.1) is 0 Å². The molecule has 0 fully saturated rings. The van der Waals surface area contributed by atoms with Crippen molar-refractivity contribution in [1.82, 2.24) is 0 Å². The van der Waals surface area contributed by atoms with Crippen molar-refractivity contribution in [1.29, 1.82) is 0 Å². The molecule has 0 amide bonds. The molecule has 0 radical (unpaired) electrons. The fraction of sp³-hybridized carbons (Fsp3) is 0.167. The van der Waals surface area contributed by atoms with Gasteiger partial charge in [0.15, 0.2) is 0 Å². The van der Waals surface area contributed by atoms with Crippen LogP contribution in [0.2, 0.25) is 10.0 Å². The summed E-state index contributed by atoms with van der Waals surface area (Å²) in [6, 6.07) is 7.49. The summed E-state index contributed by atoms with van der Waals surface area (Å²) >= 11 is 13.8. The Morgan fingerprint density at radius 3 is 2.44 bits per heavy atom. The number of hydrogen-bond acceptors (Lipinski definition) is 2. The lowest BCUT2D eigenvalue weighted by Crippen LogP contribution is -2.12. The molecule has 2 N–H and O–H groups in total. The van der Waals surface area contributed by atoms with Gasteiger partial charge in [-0.05, 0) is 46.5 Å². The van der Waals surface area contributed by atoms with Gasteiger partial charge in [-0.15, -0.1) is 0 Å². The minimum Gasteiger partial charge on any atom is -0.324 e. The molecule has 1 aromatic heterocycles. The highest BCUT2D eigenvalue weighted by Gasteiger charge is 2.12. The molecule has 1 atom stereocenters. The highest BCUT2D eigenvalue weighted by molar-refractivity contribution is 7.07. The van der Waals surface area contributed by atoms with E-state index in [2.05, 4.69) is 5.38 Å². The van der Waals surface area contributed by atoms with Crippen LogP contribution in [0.1, 0.15) is 17.2 Å². The lowest BCUT2D eigenvalue weighted by Gasteiger charge is -2.12. The molecule has 16 heavy (non-hydrogen) atoms. The predicted molar refractivity (Wildman–Crippen MR) is 71.4 cm³/mol. The maximum atomic E-state index is 6.10. The predicted octanol–water partition coefficient (Wildman–Crippen LogP) is 4.30. The number of hydrogen-bond donors (Lipinski definition) is 1. The van der Waals surface area contributed by atoms with Gasteiger partial charge in [0.25, 0.3) is 0 Å². The number of benzene rings is 1. The molecular formula is C12H11Cl2NS. The van der Waals surface area contributed by atoms with Gasteiger partial charge in [0.05, 0.1) is 0 Å². The van der Waals surface area contributed by atoms with E-state index in [-0.39, 0.29) is 6.04 Å². The van der Waals surface area contributed by atoms with E-state index in [1.165, 1.54) is 0 Å². The Kier molecular flexibility index (Phi) is 3.87. The van der Waals surface area contributed by atoms with Gasteiger partial charge in [-0.3, -0.25) is 0 Å². The molecule has 0 aliphatic heterocycles. The van der Waals surface area contributed by atoms with E-state index in [9.17, 15) is 0 Å². The molecule has 0 aliphatic carbocycles. The summed E-state index contributed by atoms with van der Waals surface area (Å²) in [5, 5.41) is 5.43. The second-order valence-corrected chi connectivity index (χ2v) is 5.16. The number of nitrogens with two attached hydrogens (primary N) is 1. The van der Waals surface area contributed by atoms with Crippen molar-refractivity contribution in [3.63, 3.8) is 0 Å². The highest BCUT2D eigenvalue weighted by atomic mass is 35.5. The minimum absolute atomic E-state index is 0.0522. The molecule has 0 saturated carbocycles. The fourth-order valence-corrected chi connectivity index (χ4v) is 2.83. The lowest BCUT2D eigenvalue weighted by molar-refractivity contribution is 0.725. The Hall–Kier alpha value is -0.540. The summed E-state index contributed by atoms with van der Waals surface area (Å²) in [5.74, 6) is 0. The van der Waals surface area contributed by atoms with Gasteiger partial charge in [-0.2, -0.15) is 11.3 Å². The van der Waals surface area contributed by atoms with E-state index in [1.807, 2.05) is 29.6 Å². The summed E-state index contributed by atoms with van der Waals surface area (Å²) in [5.41, 5.74) is 8.15. The molecule has 0 bridgehead atoms. The summed E-state index contributed by atoms with van der Waals surface area (Å²) in [6.45, 7) is 0. The quantitative estimate of drug-likeness (QED) is 0.885. The average molecular weight is 272 g/mol. The van der Waals surface area contributed by atoms with Crippen LogP contribution in [0.25, 0.3) is 0 Å². The van der Waals surface area contributed by atoms with Gasteiger partial charge in [0, 0.05) is 16.1 Å². The first kappa shape index (κ1) is 11.9. The van der Waals surface area contributed by atoms with Crippen LogP contribution in [-0.4, -0.2) is 0 Å². The molecule has 0 spiro atoms. The second kappa shape index (κ2) is 5.19. The Labute approximate surface area is 109 Å². The summed E-state index contributed by atoms with van der Waals surface area (Å²) in [7, 11) is 0. The average Bonchev–Trinajstić information content (AvgIpc) is 2.76. The van der Waals surface area contributed by atoms with E-state index in [0.717, 1.165) is 11.1 Å². The van der Waals surface area contributed by atoms with Crippen molar-refractivity contribution in [2.45, 2.75) is 12.5 Å². The van der Waals surface area contributed by atoms with Crippen LogP contribution in [0.4, 0.5) is 0 Å². The first-order valence-corrected chi connectivity index (χ1v) is 6.59. The summed E-state index contributed by atoms with van der Waals surface area (Å²) in [4.78, 5) is 0. The van der Waals surface area contributed by atoms with Gasteiger partial charge in [-0.1, -0.05) is 29.3 Å². The molecule has 4 heteroatoms. The fourth-order valence-electron chi connectivity index (χ4n) is 1.55. The first-order valence-electron chi connectivity index (χ1n) is 4.89. The van der Waals surface area contributed by atoms with Crippen molar-refractivity contribution >= 4 is 34.5 Å². The molecular weight excluding hydrogens is 261 g/mol. The number of thiophene rings is 1. The van der Waals surface area contributed by atoms with Gasteiger partial charge < -0.3 is 5.73 Å². The summed E-state index contributed by atoms with van der Waals surface area (Å²) in [6.07, 6.45) is 0.662. The van der Waals surface area contributed by atoms with Crippen LogP contribution < -0.4 is 5.73 Å². The van der Waals surface area contributed by atoms with E-state index in [0.29, 0.717) is 16.5 Å². The first-order chi connectivity index (χ1) is 7.68. The standard InChI is InChI=1S/C12H11Cl2NS/c13-10-2-1-3-11(14)9(10)6-12(15)8-4-5-16-7-8/h1-5,7,12H,6,15H2. The van der Waals surface area contributed by atoms with Gasteiger partial charge in [-0.25, -0.2) is 0 Å². The molecule has 0 saturated heterocycles. The Balaban J connectivity index is 2.21. The molecule has 2 rings (SSSR count). The third-order valence-corrected chi connectivity index (χ3v) is 3.87. The Bertz CT molecular complexity index is 448. The smallest absolute Gasteiger partial charge is 0.0453 e. The van der Waals surface area contributed by atoms with Crippen molar-refractivity contribution in [3.05, 3.63) is 56.2 Å². The van der Waals surface area contributed by atoms with Crippen LogP contribution in [0.5, 0.6) is 0 Å². The largest absolute Gasteiger partial charge is 0.324 e. The zero-order chi connectivity index (χ0) is 11.5. The molecule has 1 unspecified atom stereocenters. The lowest BCUT2D eigenvalue weighted by atomic mass is 10.0. The van der Waals surface area contributed by atoms with Gasteiger partial charge >= 0.3 is 0 Å². The molecule has 0 aliphatic rings. The van der Waals surface area contributed by atoms with E-state index in [1.54, 1.807) is 11.3 Å². The maximum absolute atomic E-state index is 6.10. The highest BCUT2D eigenvalue weighted by Crippen LogP contribution is 2.28. The van der Waals surface area contributed by atoms with Crippen molar-refractivity contribution in [2.75, 3.05) is 0 Å². The van der Waals surface area contributed by atoms with E-state index >= 15 is 0 Å². The molecule has 1 aromatic carbocycles. The Morgan fingerprint density at radius 1 is 1.19 bits per heavy atom.